The molecule has 6 nitrogen and oxygen atoms in total. The minimum absolute atomic E-state index is 0.0531. The number of rotatable bonds is 6. The number of aromatic nitrogens is 1. The van der Waals surface area contributed by atoms with Gasteiger partial charge in [-0.3, -0.25) is 9.59 Å². The van der Waals surface area contributed by atoms with E-state index in [1.807, 2.05) is 24.3 Å². The normalized spacial score (nSPS) is 16.6. The average molecular weight is 373 g/mol. The number of benzene rings is 1. The molecular formula is C19H21ClN4O2. The Kier molecular flexibility index (Phi) is 5.73. The molecule has 2 N–H and O–H groups in total. The maximum Gasteiger partial charge on any atom is 0.255 e. The Balaban J connectivity index is 1.56. The first-order valence-electron chi connectivity index (χ1n) is 8.52. The minimum atomic E-state index is -0.225. The molecule has 136 valence electrons. The van der Waals surface area contributed by atoms with Gasteiger partial charge in [-0.15, -0.1) is 0 Å². The Morgan fingerprint density at radius 1 is 1.35 bits per heavy atom. The number of anilines is 1. The van der Waals surface area contributed by atoms with Gasteiger partial charge < -0.3 is 15.5 Å². The van der Waals surface area contributed by atoms with Crippen molar-refractivity contribution in [3.05, 3.63) is 58.7 Å². The van der Waals surface area contributed by atoms with Gasteiger partial charge in [0.15, 0.2) is 0 Å². The van der Waals surface area contributed by atoms with Crippen LogP contribution in [-0.2, 0) is 11.2 Å². The number of hydrogen-bond acceptors (Lipinski definition) is 4. The number of carbonyl (C=O) groups is 2. The molecule has 2 aromatic rings. The predicted molar refractivity (Wildman–Crippen MR) is 101 cm³/mol. The molecule has 2 heterocycles. The lowest BCUT2D eigenvalue weighted by Gasteiger charge is -2.17. The lowest BCUT2D eigenvalue weighted by atomic mass is 10.1. The van der Waals surface area contributed by atoms with Crippen LogP contribution in [0.5, 0.6) is 0 Å². The number of halogens is 1. The zero-order valence-corrected chi connectivity index (χ0v) is 15.3. The van der Waals surface area contributed by atoms with Crippen molar-refractivity contribution in [1.82, 2.24) is 15.2 Å². The summed E-state index contributed by atoms with van der Waals surface area (Å²) in [5, 5.41) is 6.53. The number of nitrogens with one attached hydrogen (secondary N) is 2. The maximum atomic E-state index is 12.5. The van der Waals surface area contributed by atoms with E-state index < -0.39 is 0 Å². The molecule has 1 atom stereocenters. The third-order valence-corrected chi connectivity index (χ3v) is 4.63. The second-order valence-corrected chi connectivity index (χ2v) is 6.68. The van der Waals surface area contributed by atoms with Crippen molar-refractivity contribution in [2.75, 3.05) is 25.5 Å². The average Bonchev–Trinajstić information content (AvgIpc) is 2.99. The Labute approximate surface area is 157 Å². The van der Waals surface area contributed by atoms with E-state index in [1.165, 1.54) is 0 Å². The van der Waals surface area contributed by atoms with Crippen LogP contribution in [0.25, 0.3) is 0 Å². The highest BCUT2D eigenvalue weighted by Gasteiger charge is 2.30. The number of amides is 2. The highest BCUT2D eigenvalue weighted by molar-refractivity contribution is 6.30. The van der Waals surface area contributed by atoms with Crippen LogP contribution in [0.4, 0.5) is 5.82 Å². The first-order chi connectivity index (χ1) is 12.6. The van der Waals surface area contributed by atoms with Crippen LogP contribution in [0, 0.1) is 0 Å². The molecule has 1 aliphatic heterocycles. The van der Waals surface area contributed by atoms with Crippen molar-refractivity contribution >= 4 is 29.2 Å². The number of likely N-dealkylation sites (tertiary alicyclic amines) is 1. The maximum absolute atomic E-state index is 12.5. The van der Waals surface area contributed by atoms with E-state index in [2.05, 4.69) is 15.6 Å². The van der Waals surface area contributed by atoms with Crippen LogP contribution in [-0.4, -0.2) is 47.9 Å². The van der Waals surface area contributed by atoms with E-state index in [9.17, 15) is 9.59 Å². The summed E-state index contributed by atoms with van der Waals surface area (Å²) in [6.45, 7) is 1.13. The van der Waals surface area contributed by atoms with E-state index in [0.29, 0.717) is 35.9 Å². The van der Waals surface area contributed by atoms with Crippen molar-refractivity contribution in [1.29, 1.82) is 0 Å². The Morgan fingerprint density at radius 3 is 2.96 bits per heavy atom. The van der Waals surface area contributed by atoms with E-state index in [0.717, 1.165) is 12.0 Å². The molecule has 0 bridgehead atoms. The zero-order chi connectivity index (χ0) is 18.5. The topological polar surface area (TPSA) is 74.3 Å². The number of nitrogens with zero attached hydrogens (tertiary/aromatic N) is 2. The third-order valence-electron chi connectivity index (χ3n) is 4.40. The van der Waals surface area contributed by atoms with E-state index in [1.54, 1.807) is 30.3 Å². The van der Waals surface area contributed by atoms with Crippen molar-refractivity contribution in [3.63, 3.8) is 0 Å². The van der Waals surface area contributed by atoms with Gasteiger partial charge in [0.2, 0.25) is 5.91 Å². The molecule has 0 aliphatic carbocycles. The molecule has 0 radical (unpaired) electrons. The molecule has 1 aromatic heterocycles. The first kappa shape index (κ1) is 18.2. The number of carbonyl (C=O) groups excluding carboxylic acids is 2. The van der Waals surface area contributed by atoms with Crippen molar-refractivity contribution in [3.8, 4) is 0 Å². The fourth-order valence-corrected chi connectivity index (χ4v) is 3.31. The van der Waals surface area contributed by atoms with Gasteiger partial charge in [0, 0.05) is 37.8 Å². The van der Waals surface area contributed by atoms with Gasteiger partial charge in [0.25, 0.3) is 5.91 Å². The highest BCUT2D eigenvalue weighted by atomic mass is 35.5. The summed E-state index contributed by atoms with van der Waals surface area (Å²) >= 11 is 5.99. The highest BCUT2D eigenvalue weighted by Crippen LogP contribution is 2.16. The summed E-state index contributed by atoms with van der Waals surface area (Å²) in [4.78, 5) is 30.6. The molecule has 26 heavy (non-hydrogen) atoms. The molecule has 0 spiro atoms. The molecule has 3 rings (SSSR count). The molecular weight excluding hydrogens is 352 g/mol. The van der Waals surface area contributed by atoms with Crippen molar-refractivity contribution in [2.45, 2.75) is 18.9 Å². The van der Waals surface area contributed by atoms with Gasteiger partial charge in [-0.25, -0.2) is 4.98 Å². The monoisotopic (exact) mass is 372 g/mol. The van der Waals surface area contributed by atoms with Gasteiger partial charge >= 0.3 is 0 Å². The third kappa shape index (κ3) is 4.32. The lowest BCUT2D eigenvalue weighted by Crippen LogP contribution is -2.37. The van der Waals surface area contributed by atoms with Crippen LogP contribution >= 0.6 is 11.6 Å². The quantitative estimate of drug-likeness (QED) is 0.816. The molecule has 1 aliphatic rings. The molecule has 0 unspecified atom stereocenters. The second kappa shape index (κ2) is 8.19. The molecule has 0 saturated carbocycles. The van der Waals surface area contributed by atoms with Gasteiger partial charge in [-0.05, 0) is 36.2 Å². The van der Waals surface area contributed by atoms with E-state index in [4.69, 9.17) is 11.6 Å². The lowest BCUT2D eigenvalue weighted by molar-refractivity contribution is -0.127. The van der Waals surface area contributed by atoms with Crippen molar-refractivity contribution in [2.24, 2.45) is 0 Å². The van der Waals surface area contributed by atoms with Crippen LogP contribution in [0.15, 0.2) is 42.6 Å². The standard InChI is InChI=1S/C19H21ClN4O2/c1-21-18-16(6-3-8-22-18)19(26)23-15-11-17(25)24(12-15)9-7-13-4-2-5-14(20)10-13/h2-6,8,10,15H,7,9,11-12H2,1H3,(H,21,22)(H,23,26)/t15-/m1/s1. The van der Waals surface area contributed by atoms with E-state index >= 15 is 0 Å². The molecule has 2 amide bonds. The van der Waals surface area contributed by atoms with Crippen molar-refractivity contribution < 1.29 is 9.59 Å². The SMILES string of the molecule is CNc1ncccc1C(=O)N[C@@H]1CC(=O)N(CCc2cccc(Cl)c2)C1. The Hall–Kier alpha value is -2.60. The number of hydrogen-bond donors (Lipinski definition) is 2. The second-order valence-electron chi connectivity index (χ2n) is 6.24. The fraction of sp³-hybridized carbons (Fsp3) is 0.316. The summed E-state index contributed by atoms with van der Waals surface area (Å²) in [7, 11) is 1.72. The molecule has 7 heteroatoms. The van der Waals surface area contributed by atoms with Gasteiger partial charge in [0.05, 0.1) is 11.6 Å². The Morgan fingerprint density at radius 2 is 2.19 bits per heavy atom. The van der Waals surface area contributed by atoms with Crippen LogP contribution in [0.2, 0.25) is 5.02 Å². The van der Waals surface area contributed by atoms with Gasteiger partial charge in [-0.2, -0.15) is 0 Å². The smallest absolute Gasteiger partial charge is 0.255 e. The van der Waals surface area contributed by atoms with E-state index in [-0.39, 0.29) is 17.9 Å². The largest absolute Gasteiger partial charge is 0.372 e. The summed E-state index contributed by atoms with van der Waals surface area (Å²) in [6.07, 6.45) is 2.68. The summed E-state index contributed by atoms with van der Waals surface area (Å²) < 4.78 is 0. The zero-order valence-electron chi connectivity index (χ0n) is 14.5. The van der Waals surface area contributed by atoms with Gasteiger partial charge in [-0.1, -0.05) is 23.7 Å². The van der Waals surface area contributed by atoms with Crippen LogP contribution < -0.4 is 10.6 Å². The van der Waals surface area contributed by atoms with Gasteiger partial charge in [0.1, 0.15) is 5.82 Å². The molecule has 1 aromatic carbocycles. The minimum Gasteiger partial charge on any atom is -0.372 e. The summed E-state index contributed by atoms with van der Waals surface area (Å²) in [6, 6.07) is 10.9. The summed E-state index contributed by atoms with van der Waals surface area (Å²) in [5.41, 5.74) is 1.56. The first-order valence-corrected chi connectivity index (χ1v) is 8.90. The molecule has 1 fully saturated rings. The Bertz CT molecular complexity index is 812. The van der Waals surface area contributed by atoms with Crippen LogP contribution in [0.3, 0.4) is 0 Å². The molecule has 1 saturated heterocycles. The predicted octanol–water partition coefficient (Wildman–Crippen LogP) is 2.35. The fourth-order valence-electron chi connectivity index (χ4n) is 3.09. The van der Waals surface area contributed by atoms with Crippen LogP contribution in [0.1, 0.15) is 22.3 Å². The summed E-state index contributed by atoms with van der Waals surface area (Å²) in [5.74, 6) is 0.349. The number of pyridine rings is 1.